The van der Waals surface area contributed by atoms with Crippen LogP contribution in [0.5, 0.6) is 0 Å². The molecule has 2 aromatic rings. The monoisotopic (exact) mass is 287 g/mol. The number of aryl methyl sites for hydroxylation is 1. The van der Waals surface area contributed by atoms with Crippen LogP contribution in [-0.4, -0.2) is 33.3 Å². The third kappa shape index (κ3) is 4.17. The summed E-state index contributed by atoms with van der Waals surface area (Å²) in [5.41, 5.74) is 2.48. The van der Waals surface area contributed by atoms with Gasteiger partial charge in [0, 0.05) is 24.7 Å². The van der Waals surface area contributed by atoms with E-state index >= 15 is 0 Å². The molecule has 1 aromatic heterocycles. The van der Waals surface area contributed by atoms with Crippen molar-refractivity contribution < 1.29 is 14.7 Å². The van der Waals surface area contributed by atoms with Crippen molar-refractivity contribution in [2.75, 3.05) is 6.54 Å². The van der Waals surface area contributed by atoms with Gasteiger partial charge in [-0.05, 0) is 43.2 Å². The number of nitrogens with zero attached hydrogens (tertiary/aromatic N) is 2. The van der Waals surface area contributed by atoms with E-state index in [1.165, 1.54) is 0 Å². The first-order chi connectivity index (χ1) is 10.1. The molecule has 6 nitrogen and oxygen atoms in total. The molecule has 0 atom stereocenters. The fourth-order valence-corrected chi connectivity index (χ4v) is 1.86. The van der Waals surface area contributed by atoms with Crippen molar-refractivity contribution in [2.24, 2.45) is 0 Å². The molecule has 0 aliphatic rings. The summed E-state index contributed by atoms with van der Waals surface area (Å²) in [5, 5.41) is 15.4. The quantitative estimate of drug-likeness (QED) is 0.793. The summed E-state index contributed by atoms with van der Waals surface area (Å²) in [5.74, 6) is -1.06. The zero-order valence-corrected chi connectivity index (χ0v) is 11.7. The highest BCUT2D eigenvalue weighted by atomic mass is 16.4. The molecule has 0 bridgehead atoms. The lowest BCUT2D eigenvalue weighted by molar-refractivity contribution is -0.137. The Morgan fingerprint density at radius 2 is 2.00 bits per heavy atom. The summed E-state index contributed by atoms with van der Waals surface area (Å²) in [6, 6.07) is 7.08. The topological polar surface area (TPSA) is 84.2 Å². The Kier molecular flexibility index (Phi) is 4.71. The molecule has 0 saturated carbocycles. The first-order valence-corrected chi connectivity index (χ1v) is 6.68. The molecular formula is C15H17N3O3. The normalized spacial score (nSPS) is 10.3. The van der Waals surface area contributed by atoms with Crippen LogP contribution < -0.4 is 5.32 Å². The number of aromatic nitrogens is 2. The molecule has 1 amide bonds. The van der Waals surface area contributed by atoms with Gasteiger partial charge >= 0.3 is 5.97 Å². The lowest BCUT2D eigenvalue weighted by Crippen LogP contribution is -2.24. The van der Waals surface area contributed by atoms with E-state index in [0.29, 0.717) is 18.5 Å². The second-order valence-corrected chi connectivity index (χ2v) is 4.76. The molecule has 110 valence electrons. The average Bonchev–Trinajstić information content (AvgIpc) is 2.90. The summed E-state index contributed by atoms with van der Waals surface area (Å²) >= 11 is 0. The minimum absolute atomic E-state index is 0.0534. The Morgan fingerprint density at radius 1 is 1.29 bits per heavy atom. The van der Waals surface area contributed by atoms with E-state index in [2.05, 4.69) is 10.4 Å². The van der Waals surface area contributed by atoms with Crippen molar-refractivity contribution in [2.45, 2.75) is 19.8 Å². The number of carboxylic acid groups (broad SMARTS) is 1. The van der Waals surface area contributed by atoms with Gasteiger partial charge in [-0.25, -0.2) is 4.68 Å². The molecule has 2 rings (SSSR count). The maximum atomic E-state index is 11.9. The number of amides is 1. The van der Waals surface area contributed by atoms with Crippen molar-refractivity contribution in [1.82, 2.24) is 15.1 Å². The molecule has 0 aliphatic heterocycles. The number of benzene rings is 1. The van der Waals surface area contributed by atoms with Crippen molar-refractivity contribution >= 4 is 11.9 Å². The molecule has 0 aliphatic carbocycles. The van der Waals surface area contributed by atoms with Crippen molar-refractivity contribution in [3.05, 3.63) is 47.8 Å². The summed E-state index contributed by atoms with van der Waals surface area (Å²) in [7, 11) is 0. The van der Waals surface area contributed by atoms with Crippen LogP contribution in [0.15, 0.2) is 36.7 Å². The molecule has 1 heterocycles. The maximum Gasteiger partial charge on any atom is 0.303 e. The Balaban J connectivity index is 1.92. The van der Waals surface area contributed by atoms with Crippen LogP contribution in [-0.2, 0) is 4.79 Å². The molecule has 0 radical (unpaired) electrons. The molecular weight excluding hydrogens is 270 g/mol. The lowest BCUT2D eigenvalue weighted by atomic mass is 10.2. The van der Waals surface area contributed by atoms with Gasteiger partial charge < -0.3 is 10.4 Å². The van der Waals surface area contributed by atoms with Crippen LogP contribution in [0.4, 0.5) is 0 Å². The van der Waals surface area contributed by atoms with E-state index in [-0.39, 0.29) is 12.3 Å². The van der Waals surface area contributed by atoms with Crippen LogP contribution in [0.3, 0.4) is 0 Å². The second kappa shape index (κ2) is 6.69. The molecule has 0 unspecified atom stereocenters. The molecule has 1 aromatic carbocycles. The third-order valence-corrected chi connectivity index (χ3v) is 2.96. The fraction of sp³-hybridized carbons (Fsp3) is 0.267. The smallest absolute Gasteiger partial charge is 0.303 e. The van der Waals surface area contributed by atoms with Gasteiger partial charge in [0.15, 0.2) is 0 Å². The zero-order chi connectivity index (χ0) is 15.2. The van der Waals surface area contributed by atoms with Crippen LogP contribution in [0.2, 0.25) is 0 Å². The lowest BCUT2D eigenvalue weighted by Gasteiger charge is -2.06. The SMILES string of the molecule is Cc1cnn(-c2ccc(C(=O)NCCCC(=O)O)cc2)c1. The van der Waals surface area contributed by atoms with Crippen LogP contribution in [0.25, 0.3) is 5.69 Å². The number of nitrogens with one attached hydrogen (secondary N) is 1. The number of rotatable bonds is 6. The second-order valence-electron chi connectivity index (χ2n) is 4.76. The Hall–Kier alpha value is -2.63. The van der Waals surface area contributed by atoms with Crippen LogP contribution in [0, 0.1) is 6.92 Å². The van der Waals surface area contributed by atoms with Crippen molar-refractivity contribution in [1.29, 1.82) is 0 Å². The largest absolute Gasteiger partial charge is 0.481 e. The standard InChI is InChI=1S/C15H17N3O3/c1-11-9-17-18(10-11)13-6-4-12(5-7-13)15(21)16-8-2-3-14(19)20/h4-7,9-10H,2-3,8H2,1H3,(H,16,21)(H,19,20). The maximum absolute atomic E-state index is 11.9. The molecule has 21 heavy (non-hydrogen) atoms. The van der Waals surface area contributed by atoms with Gasteiger partial charge in [-0.3, -0.25) is 9.59 Å². The van der Waals surface area contributed by atoms with E-state index in [1.807, 2.05) is 25.3 Å². The van der Waals surface area contributed by atoms with E-state index in [4.69, 9.17) is 5.11 Å². The van der Waals surface area contributed by atoms with Crippen LogP contribution in [0.1, 0.15) is 28.8 Å². The Labute approximate surface area is 122 Å². The van der Waals surface area contributed by atoms with Gasteiger partial charge in [-0.15, -0.1) is 0 Å². The number of hydrogen-bond acceptors (Lipinski definition) is 3. The van der Waals surface area contributed by atoms with Gasteiger partial charge in [-0.1, -0.05) is 0 Å². The van der Waals surface area contributed by atoms with E-state index < -0.39 is 5.97 Å². The summed E-state index contributed by atoms with van der Waals surface area (Å²) in [6.45, 7) is 2.31. The molecule has 6 heteroatoms. The minimum Gasteiger partial charge on any atom is -0.481 e. The van der Waals surface area contributed by atoms with Gasteiger partial charge in [0.25, 0.3) is 5.91 Å². The third-order valence-electron chi connectivity index (χ3n) is 2.96. The highest BCUT2D eigenvalue weighted by molar-refractivity contribution is 5.94. The van der Waals surface area contributed by atoms with Crippen molar-refractivity contribution in [3.8, 4) is 5.69 Å². The zero-order valence-electron chi connectivity index (χ0n) is 11.7. The first-order valence-electron chi connectivity index (χ1n) is 6.68. The Morgan fingerprint density at radius 3 is 2.57 bits per heavy atom. The van der Waals surface area contributed by atoms with Gasteiger partial charge in [0.1, 0.15) is 0 Å². The summed E-state index contributed by atoms with van der Waals surface area (Å²) in [4.78, 5) is 22.2. The highest BCUT2D eigenvalue weighted by Crippen LogP contribution is 2.10. The predicted molar refractivity (Wildman–Crippen MR) is 77.5 cm³/mol. The minimum atomic E-state index is -0.858. The molecule has 0 saturated heterocycles. The number of carbonyl (C=O) groups is 2. The van der Waals surface area contributed by atoms with Gasteiger partial charge in [0.2, 0.25) is 0 Å². The first kappa shape index (κ1) is 14.8. The molecule has 0 fully saturated rings. The highest BCUT2D eigenvalue weighted by Gasteiger charge is 2.06. The van der Waals surface area contributed by atoms with Crippen LogP contribution >= 0.6 is 0 Å². The summed E-state index contributed by atoms with van der Waals surface area (Å²) < 4.78 is 1.74. The van der Waals surface area contributed by atoms with Gasteiger partial charge in [-0.2, -0.15) is 5.10 Å². The number of carbonyl (C=O) groups excluding carboxylic acids is 1. The van der Waals surface area contributed by atoms with E-state index in [1.54, 1.807) is 23.0 Å². The van der Waals surface area contributed by atoms with E-state index in [9.17, 15) is 9.59 Å². The molecule has 2 N–H and O–H groups in total. The average molecular weight is 287 g/mol. The predicted octanol–water partition coefficient (Wildman–Crippen LogP) is 1.78. The number of hydrogen-bond donors (Lipinski definition) is 2. The van der Waals surface area contributed by atoms with Gasteiger partial charge in [0.05, 0.1) is 11.9 Å². The summed E-state index contributed by atoms with van der Waals surface area (Å²) in [6.07, 6.45) is 4.15. The number of carboxylic acids is 1. The van der Waals surface area contributed by atoms with E-state index in [0.717, 1.165) is 11.3 Å². The van der Waals surface area contributed by atoms with Crippen molar-refractivity contribution in [3.63, 3.8) is 0 Å². The Bertz CT molecular complexity index is 632. The molecule has 0 spiro atoms. The fourth-order valence-electron chi connectivity index (χ4n) is 1.86. The number of aliphatic carboxylic acids is 1.